The van der Waals surface area contributed by atoms with E-state index in [1.54, 1.807) is 7.05 Å². The van der Waals surface area contributed by atoms with E-state index in [-0.39, 0.29) is 12.6 Å². The van der Waals surface area contributed by atoms with Crippen LogP contribution in [0.25, 0.3) is 0 Å². The number of likely N-dealkylation sites (N-methyl/N-ethyl adjacent to an activating group) is 1. The van der Waals surface area contributed by atoms with Crippen LogP contribution in [0.2, 0.25) is 0 Å². The number of ether oxygens (including phenoxy) is 1. The van der Waals surface area contributed by atoms with Crippen molar-refractivity contribution in [2.45, 2.75) is 25.1 Å². The van der Waals surface area contributed by atoms with Gasteiger partial charge in [0.1, 0.15) is 6.61 Å². The van der Waals surface area contributed by atoms with Crippen molar-refractivity contribution in [3.05, 3.63) is 33.4 Å². The molecule has 0 spiro atoms. The third kappa shape index (κ3) is 7.74. The standard InChI is InChI=1S/C13H17F3INO/c1-18-12(6-7-19-9-13(14,15)16)8-10-2-4-11(17)5-3-10/h2-5,12,18H,6-9H2,1H3. The van der Waals surface area contributed by atoms with E-state index in [2.05, 4.69) is 32.6 Å². The van der Waals surface area contributed by atoms with Gasteiger partial charge in [0.15, 0.2) is 0 Å². The van der Waals surface area contributed by atoms with Gasteiger partial charge in [-0.05, 0) is 60.2 Å². The SMILES string of the molecule is CNC(CCOCC(F)(F)F)Cc1ccc(I)cc1. The van der Waals surface area contributed by atoms with E-state index in [9.17, 15) is 13.2 Å². The fourth-order valence-electron chi connectivity index (χ4n) is 1.67. The fraction of sp³-hybridized carbons (Fsp3) is 0.538. The van der Waals surface area contributed by atoms with Crippen LogP contribution < -0.4 is 5.32 Å². The van der Waals surface area contributed by atoms with Gasteiger partial charge < -0.3 is 10.1 Å². The van der Waals surface area contributed by atoms with Crippen LogP contribution in [-0.2, 0) is 11.2 Å². The van der Waals surface area contributed by atoms with E-state index in [0.29, 0.717) is 6.42 Å². The van der Waals surface area contributed by atoms with Crippen molar-refractivity contribution in [2.24, 2.45) is 0 Å². The van der Waals surface area contributed by atoms with Gasteiger partial charge >= 0.3 is 6.18 Å². The summed E-state index contributed by atoms with van der Waals surface area (Å²) in [5.74, 6) is 0. The van der Waals surface area contributed by atoms with Crippen molar-refractivity contribution in [1.82, 2.24) is 5.32 Å². The minimum absolute atomic E-state index is 0.107. The predicted molar refractivity (Wildman–Crippen MR) is 77.2 cm³/mol. The number of benzene rings is 1. The molecule has 0 aromatic heterocycles. The van der Waals surface area contributed by atoms with Crippen molar-refractivity contribution in [1.29, 1.82) is 0 Å². The van der Waals surface area contributed by atoms with Crippen molar-refractivity contribution in [2.75, 3.05) is 20.3 Å². The molecule has 108 valence electrons. The molecule has 0 saturated heterocycles. The zero-order chi connectivity index (χ0) is 14.3. The molecule has 0 aliphatic carbocycles. The van der Waals surface area contributed by atoms with Gasteiger partial charge in [0.2, 0.25) is 0 Å². The van der Waals surface area contributed by atoms with Gasteiger partial charge in [-0.2, -0.15) is 13.2 Å². The van der Waals surface area contributed by atoms with Gasteiger partial charge in [-0.1, -0.05) is 12.1 Å². The lowest BCUT2D eigenvalue weighted by Crippen LogP contribution is -2.29. The molecule has 1 aromatic rings. The lowest BCUT2D eigenvalue weighted by Gasteiger charge is -2.16. The van der Waals surface area contributed by atoms with Gasteiger partial charge in [-0.15, -0.1) is 0 Å². The molecule has 0 fully saturated rings. The minimum atomic E-state index is -4.24. The molecule has 0 saturated carbocycles. The molecular formula is C13H17F3INO. The Hall–Kier alpha value is -0.340. The predicted octanol–water partition coefficient (Wildman–Crippen LogP) is 3.39. The Morgan fingerprint density at radius 2 is 1.89 bits per heavy atom. The van der Waals surface area contributed by atoms with Crippen LogP contribution in [0.5, 0.6) is 0 Å². The molecule has 0 aliphatic rings. The molecule has 0 heterocycles. The summed E-state index contributed by atoms with van der Waals surface area (Å²) < 4.78 is 41.5. The second-order valence-electron chi connectivity index (χ2n) is 4.27. The lowest BCUT2D eigenvalue weighted by molar-refractivity contribution is -0.174. The zero-order valence-electron chi connectivity index (χ0n) is 10.6. The molecule has 0 radical (unpaired) electrons. The smallest absolute Gasteiger partial charge is 0.372 e. The Morgan fingerprint density at radius 1 is 1.26 bits per heavy atom. The van der Waals surface area contributed by atoms with E-state index in [0.717, 1.165) is 15.6 Å². The Bertz CT molecular complexity index is 367. The zero-order valence-corrected chi connectivity index (χ0v) is 12.8. The molecule has 6 heteroatoms. The monoisotopic (exact) mass is 387 g/mol. The molecule has 1 unspecified atom stereocenters. The molecular weight excluding hydrogens is 370 g/mol. The number of hydrogen-bond acceptors (Lipinski definition) is 2. The Balaban J connectivity index is 2.31. The molecule has 0 bridgehead atoms. The molecule has 1 aromatic carbocycles. The highest BCUT2D eigenvalue weighted by Gasteiger charge is 2.27. The van der Waals surface area contributed by atoms with E-state index in [1.165, 1.54) is 0 Å². The lowest BCUT2D eigenvalue weighted by atomic mass is 10.0. The van der Waals surface area contributed by atoms with Gasteiger partial charge in [0, 0.05) is 16.2 Å². The molecule has 0 amide bonds. The van der Waals surface area contributed by atoms with Crippen molar-refractivity contribution in [3.8, 4) is 0 Å². The van der Waals surface area contributed by atoms with Crippen LogP contribution in [0, 0.1) is 3.57 Å². The van der Waals surface area contributed by atoms with E-state index >= 15 is 0 Å². The summed E-state index contributed by atoms with van der Waals surface area (Å²) in [6, 6.07) is 8.21. The maximum atomic E-state index is 11.9. The van der Waals surface area contributed by atoms with Crippen LogP contribution in [0.1, 0.15) is 12.0 Å². The normalized spacial score (nSPS) is 13.5. The number of rotatable bonds is 7. The summed E-state index contributed by atoms with van der Waals surface area (Å²) in [4.78, 5) is 0. The molecule has 19 heavy (non-hydrogen) atoms. The first-order chi connectivity index (χ1) is 8.90. The van der Waals surface area contributed by atoms with E-state index in [4.69, 9.17) is 0 Å². The molecule has 1 atom stereocenters. The quantitative estimate of drug-likeness (QED) is 0.572. The Kier molecular flexibility index (Phi) is 7.09. The van der Waals surface area contributed by atoms with Crippen LogP contribution in [0.3, 0.4) is 0 Å². The first kappa shape index (κ1) is 16.7. The number of alkyl halides is 3. The summed E-state index contributed by atoms with van der Waals surface area (Å²) in [6.45, 7) is -1.07. The average molecular weight is 387 g/mol. The van der Waals surface area contributed by atoms with Crippen molar-refractivity contribution in [3.63, 3.8) is 0 Å². The summed E-state index contributed by atoms with van der Waals surface area (Å²) in [6.07, 6.45) is -2.91. The van der Waals surface area contributed by atoms with Crippen LogP contribution in [0.15, 0.2) is 24.3 Å². The fourth-order valence-corrected chi connectivity index (χ4v) is 2.03. The number of halogens is 4. The highest BCUT2D eigenvalue weighted by atomic mass is 127. The third-order valence-electron chi connectivity index (χ3n) is 2.68. The summed E-state index contributed by atoms with van der Waals surface area (Å²) in [5.41, 5.74) is 1.16. The first-order valence-electron chi connectivity index (χ1n) is 5.97. The maximum absolute atomic E-state index is 11.9. The van der Waals surface area contributed by atoms with Gasteiger partial charge in [0.05, 0.1) is 0 Å². The van der Waals surface area contributed by atoms with Crippen LogP contribution in [-0.4, -0.2) is 32.5 Å². The second-order valence-corrected chi connectivity index (χ2v) is 5.52. The molecule has 1 rings (SSSR count). The highest BCUT2D eigenvalue weighted by Crippen LogP contribution is 2.15. The molecule has 0 aliphatic heterocycles. The van der Waals surface area contributed by atoms with Crippen LogP contribution in [0.4, 0.5) is 13.2 Å². The average Bonchev–Trinajstić information content (AvgIpc) is 2.34. The highest BCUT2D eigenvalue weighted by molar-refractivity contribution is 14.1. The second kappa shape index (κ2) is 8.06. The summed E-state index contributed by atoms with van der Waals surface area (Å²) in [7, 11) is 1.81. The topological polar surface area (TPSA) is 21.3 Å². The summed E-state index contributed by atoms with van der Waals surface area (Å²) >= 11 is 2.23. The maximum Gasteiger partial charge on any atom is 0.411 e. The molecule has 2 nitrogen and oxygen atoms in total. The van der Waals surface area contributed by atoms with E-state index in [1.807, 2.05) is 24.3 Å². The first-order valence-corrected chi connectivity index (χ1v) is 7.05. The Morgan fingerprint density at radius 3 is 2.42 bits per heavy atom. The van der Waals surface area contributed by atoms with E-state index < -0.39 is 12.8 Å². The summed E-state index contributed by atoms with van der Waals surface area (Å²) in [5, 5.41) is 3.10. The number of hydrogen-bond donors (Lipinski definition) is 1. The Labute approximate surface area is 124 Å². The minimum Gasteiger partial charge on any atom is -0.372 e. The van der Waals surface area contributed by atoms with Crippen molar-refractivity contribution < 1.29 is 17.9 Å². The molecule has 1 N–H and O–H groups in total. The largest absolute Gasteiger partial charge is 0.411 e. The van der Waals surface area contributed by atoms with Crippen LogP contribution >= 0.6 is 22.6 Å². The van der Waals surface area contributed by atoms with Gasteiger partial charge in [0.25, 0.3) is 0 Å². The van der Waals surface area contributed by atoms with Crippen molar-refractivity contribution >= 4 is 22.6 Å². The van der Waals surface area contributed by atoms with Gasteiger partial charge in [-0.25, -0.2) is 0 Å². The third-order valence-corrected chi connectivity index (χ3v) is 3.40. The van der Waals surface area contributed by atoms with Gasteiger partial charge in [-0.3, -0.25) is 0 Å². The number of nitrogens with one attached hydrogen (secondary N) is 1.